The van der Waals surface area contributed by atoms with E-state index < -0.39 is 0 Å². The largest absolute Gasteiger partial charge is 0.277 e. The van der Waals surface area contributed by atoms with Crippen molar-refractivity contribution in [3.63, 3.8) is 0 Å². The fourth-order valence-electron chi connectivity index (χ4n) is 0.755. The standard InChI is InChI=1S/C7H12N2/c1-6(7-3-4-7)9-5-8-2/h5,7H,3-4H2,1-2H3/b8-5-,9-6-. The first-order valence-corrected chi connectivity index (χ1v) is 3.29. The summed E-state index contributed by atoms with van der Waals surface area (Å²) in [6.45, 7) is 2.07. The van der Waals surface area contributed by atoms with Crippen LogP contribution < -0.4 is 0 Å². The van der Waals surface area contributed by atoms with Crippen molar-refractivity contribution in [1.82, 2.24) is 0 Å². The maximum Gasteiger partial charge on any atom is 0.109 e. The van der Waals surface area contributed by atoms with Crippen LogP contribution in [0.3, 0.4) is 0 Å². The molecule has 0 atom stereocenters. The Bertz CT molecular complexity index is 143. The highest BCUT2D eigenvalue weighted by Gasteiger charge is 2.23. The zero-order chi connectivity index (χ0) is 6.69. The molecule has 2 nitrogen and oxygen atoms in total. The van der Waals surface area contributed by atoms with Crippen molar-refractivity contribution in [3.8, 4) is 0 Å². The molecule has 2 heteroatoms. The van der Waals surface area contributed by atoms with Gasteiger partial charge in [0, 0.05) is 12.8 Å². The minimum Gasteiger partial charge on any atom is -0.277 e. The summed E-state index contributed by atoms with van der Waals surface area (Å²) in [5.74, 6) is 0.781. The fourth-order valence-corrected chi connectivity index (χ4v) is 0.755. The van der Waals surface area contributed by atoms with Crippen LogP contribution in [0.4, 0.5) is 0 Å². The number of aliphatic imine (C=N–C) groups is 2. The maximum atomic E-state index is 4.13. The molecule has 1 saturated carbocycles. The second-order valence-electron chi connectivity index (χ2n) is 2.42. The fraction of sp³-hybridized carbons (Fsp3) is 0.714. The van der Waals surface area contributed by atoms with Crippen LogP contribution >= 0.6 is 0 Å². The van der Waals surface area contributed by atoms with Crippen molar-refractivity contribution in [2.24, 2.45) is 15.9 Å². The predicted molar refractivity (Wildman–Crippen MR) is 40.2 cm³/mol. The van der Waals surface area contributed by atoms with Gasteiger partial charge in [-0.1, -0.05) is 0 Å². The number of hydrogen-bond acceptors (Lipinski definition) is 1. The third-order valence-corrected chi connectivity index (χ3v) is 1.55. The predicted octanol–water partition coefficient (Wildman–Crippen LogP) is 1.52. The minimum atomic E-state index is 0.781. The van der Waals surface area contributed by atoms with E-state index in [1.807, 2.05) is 0 Å². The molecular formula is C7H12N2. The molecular weight excluding hydrogens is 112 g/mol. The van der Waals surface area contributed by atoms with Crippen LogP contribution in [0.1, 0.15) is 19.8 Å². The third kappa shape index (κ3) is 1.96. The molecule has 0 heterocycles. The van der Waals surface area contributed by atoms with Gasteiger partial charge in [0.25, 0.3) is 0 Å². The Morgan fingerprint density at radius 3 is 2.67 bits per heavy atom. The molecule has 0 aromatic carbocycles. The molecule has 1 fully saturated rings. The first-order valence-electron chi connectivity index (χ1n) is 3.29. The van der Waals surface area contributed by atoms with Crippen molar-refractivity contribution in [2.45, 2.75) is 19.8 Å². The summed E-state index contributed by atoms with van der Waals surface area (Å²) in [6.07, 6.45) is 4.27. The zero-order valence-electron chi connectivity index (χ0n) is 5.96. The molecule has 0 radical (unpaired) electrons. The highest BCUT2D eigenvalue weighted by atomic mass is 14.8. The summed E-state index contributed by atoms with van der Waals surface area (Å²) in [5, 5.41) is 0. The van der Waals surface area contributed by atoms with Gasteiger partial charge in [0.15, 0.2) is 0 Å². The summed E-state index contributed by atoms with van der Waals surface area (Å²) in [4.78, 5) is 7.90. The molecule has 0 N–H and O–H groups in total. The lowest BCUT2D eigenvalue weighted by molar-refractivity contribution is 1.18. The second kappa shape index (κ2) is 2.76. The molecule has 1 rings (SSSR count). The lowest BCUT2D eigenvalue weighted by Gasteiger charge is -1.88. The highest BCUT2D eigenvalue weighted by Crippen LogP contribution is 2.30. The van der Waals surface area contributed by atoms with Crippen LogP contribution in [-0.2, 0) is 0 Å². The molecule has 50 valence electrons. The van der Waals surface area contributed by atoms with Crippen LogP contribution in [0, 0.1) is 5.92 Å². The molecule has 0 unspecified atom stereocenters. The molecule has 0 aromatic rings. The van der Waals surface area contributed by atoms with E-state index in [-0.39, 0.29) is 0 Å². The molecule has 9 heavy (non-hydrogen) atoms. The molecule has 0 aromatic heterocycles. The molecule has 0 aliphatic heterocycles. The van der Waals surface area contributed by atoms with Gasteiger partial charge in [0.2, 0.25) is 0 Å². The molecule has 0 spiro atoms. The van der Waals surface area contributed by atoms with Gasteiger partial charge in [0.05, 0.1) is 0 Å². The summed E-state index contributed by atoms with van der Waals surface area (Å²) >= 11 is 0. The van der Waals surface area contributed by atoms with Crippen molar-refractivity contribution in [1.29, 1.82) is 0 Å². The Morgan fingerprint density at radius 1 is 1.56 bits per heavy atom. The van der Waals surface area contributed by atoms with Gasteiger partial charge < -0.3 is 0 Å². The number of rotatable bonds is 2. The van der Waals surface area contributed by atoms with Crippen LogP contribution in [0.2, 0.25) is 0 Å². The minimum absolute atomic E-state index is 0.781. The van der Waals surface area contributed by atoms with Crippen LogP contribution in [0.5, 0.6) is 0 Å². The Labute approximate surface area is 55.7 Å². The maximum absolute atomic E-state index is 4.13. The first kappa shape index (κ1) is 6.46. The van der Waals surface area contributed by atoms with Crippen molar-refractivity contribution in [3.05, 3.63) is 0 Å². The van der Waals surface area contributed by atoms with E-state index in [2.05, 4.69) is 16.9 Å². The molecule has 1 aliphatic carbocycles. The van der Waals surface area contributed by atoms with E-state index in [4.69, 9.17) is 0 Å². The summed E-state index contributed by atoms with van der Waals surface area (Å²) in [7, 11) is 1.74. The number of hydrogen-bond donors (Lipinski definition) is 0. The average Bonchev–Trinajstić information content (AvgIpc) is 2.63. The molecule has 1 aliphatic rings. The van der Waals surface area contributed by atoms with Gasteiger partial charge in [-0.2, -0.15) is 0 Å². The molecule has 0 saturated heterocycles. The van der Waals surface area contributed by atoms with Crippen LogP contribution in [0.15, 0.2) is 9.98 Å². The Hall–Kier alpha value is -0.660. The van der Waals surface area contributed by atoms with E-state index in [0.717, 1.165) is 5.92 Å². The summed E-state index contributed by atoms with van der Waals surface area (Å²) < 4.78 is 0. The normalized spacial score (nSPS) is 21.3. The molecule has 0 amide bonds. The van der Waals surface area contributed by atoms with Crippen LogP contribution in [-0.4, -0.2) is 19.1 Å². The average molecular weight is 124 g/mol. The topological polar surface area (TPSA) is 24.7 Å². The highest BCUT2D eigenvalue weighted by molar-refractivity contribution is 5.91. The van der Waals surface area contributed by atoms with E-state index in [0.29, 0.717) is 0 Å². The van der Waals surface area contributed by atoms with E-state index in [9.17, 15) is 0 Å². The lowest BCUT2D eigenvalue weighted by atomic mass is 10.3. The third-order valence-electron chi connectivity index (χ3n) is 1.55. The van der Waals surface area contributed by atoms with Gasteiger partial charge >= 0.3 is 0 Å². The van der Waals surface area contributed by atoms with Gasteiger partial charge in [-0.3, -0.25) is 4.99 Å². The SMILES string of the molecule is C/N=C\N=C(\C)C1CC1. The van der Waals surface area contributed by atoms with Gasteiger partial charge in [-0.25, -0.2) is 4.99 Å². The Kier molecular flexibility index (Phi) is 1.98. The smallest absolute Gasteiger partial charge is 0.109 e. The quantitative estimate of drug-likeness (QED) is 0.394. The van der Waals surface area contributed by atoms with E-state index in [1.54, 1.807) is 13.4 Å². The lowest BCUT2D eigenvalue weighted by Crippen LogP contribution is -1.92. The van der Waals surface area contributed by atoms with Crippen molar-refractivity contribution < 1.29 is 0 Å². The molecule has 0 bridgehead atoms. The van der Waals surface area contributed by atoms with Gasteiger partial charge in [0.1, 0.15) is 6.34 Å². The Morgan fingerprint density at radius 2 is 2.22 bits per heavy atom. The first-order chi connectivity index (χ1) is 4.34. The zero-order valence-corrected chi connectivity index (χ0v) is 5.96. The van der Waals surface area contributed by atoms with Gasteiger partial charge in [-0.15, -0.1) is 0 Å². The number of nitrogens with zero attached hydrogens (tertiary/aromatic N) is 2. The summed E-state index contributed by atoms with van der Waals surface area (Å²) in [6, 6.07) is 0. The monoisotopic (exact) mass is 124 g/mol. The van der Waals surface area contributed by atoms with Crippen molar-refractivity contribution in [2.75, 3.05) is 7.05 Å². The van der Waals surface area contributed by atoms with E-state index in [1.165, 1.54) is 18.6 Å². The van der Waals surface area contributed by atoms with Gasteiger partial charge in [-0.05, 0) is 25.7 Å². The van der Waals surface area contributed by atoms with E-state index >= 15 is 0 Å². The Balaban J connectivity index is 2.37. The van der Waals surface area contributed by atoms with Crippen LogP contribution in [0.25, 0.3) is 0 Å². The van der Waals surface area contributed by atoms with Crippen molar-refractivity contribution >= 4 is 12.1 Å². The summed E-state index contributed by atoms with van der Waals surface area (Å²) in [5.41, 5.74) is 1.24. The second-order valence-corrected chi connectivity index (χ2v) is 2.42.